The second kappa shape index (κ2) is 11.9. The molecule has 246 valence electrons. The smallest absolute Gasteiger partial charge is 0.418 e. The number of nitrogens with zero attached hydrogens (tertiary/aromatic N) is 7. The summed E-state index contributed by atoms with van der Waals surface area (Å²) in [4.78, 5) is 30.2. The topological polar surface area (TPSA) is 89.9 Å². The summed E-state index contributed by atoms with van der Waals surface area (Å²) in [7, 11) is 1.84. The molecule has 1 amide bonds. The molecule has 2 fully saturated rings. The molecule has 5 heterocycles. The average Bonchev–Trinajstić information content (AvgIpc) is 3.51. The lowest BCUT2D eigenvalue weighted by Gasteiger charge is -2.43. The Kier molecular flexibility index (Phi) is 8.24. The molecule has 0 N–H and O–H groups in total. The number of rotatable bonds is 6. The predicted molar refractivity (Wildman–Crippen MR) is 166 cm³/mol. The zero-order valence-electron chi connectivity index (χ0n) is 26.8. The first-order chi connectivity index (χ1) is 21.7. The molecule has 2 atom stereocenters. The number of carbonyl (C=O) groups excluding carboxylic acids is 1. The molecule has 0 saturated carbocycles. The van der Waals surface area contributed by atoms with Gasteiger partial charge in [0.1, 0.15) is 17.8 Å². The number of hydrogen-bond acceptors (Lipinski definition) is 6. The van der Waals surface area contributed by atoms with Crippen LogP contribution in [0.2, 0.25) is 0 Å². The lowest BCUT2D eigenvalue weighted by Crippen LogP contribution is -2.53. The van der Waals surface area contributed by atoms with Crippen molar-refractivity contribution < 1.29 is 22.7 Å². The number of piperidine rings is 1. The van der Waals surface area contributed by atoms with Crippen LogP contribution >= 0.6 is 0 Å². The fraction of sp³-hybridized carbons (Fsp3) is 0.515. The Morgan fingerprint density at radius 2 is 1.87 bits per heavy atom. The summed E-state index contributed by atoms with van der Waals surface area (Å²) in [6.45, 7) is 10.4. The summed E-state index contributed by atoms with van der Waals surface area (Å²) >= 11 is 0. The van der Waals surface area contributed by atoms with E-state index >= 15 is 0 Å². The van der Waals surface area contributed by atoms with Gasteiger partial charge in [-0.1, -0.05) is 19.1 Å². The molecule has 13 heteroatoms. The van der Waals surface area contributed by atoms with Gasteiger partial charge >= 0.3 is 18.0 Å². The first-order valence-electron chi connectivity index (χ1n) is 15.7. The van der Waals surface area contributed by atoms with Crippen LogP contribution in [0.25, 0.3) is 11.2 Å². The third-order valence-electron chi connectivity index (χ3n) is 8.84. The van der Waals surface area contributed by atoms with E-state index < -0.39 is 29.1 Å². The fourth-order valence-electron chi connectivity index (χ4n) is 6.71. The third-order valence-corrected chi connectivity index (χ3v) is 8.84. The number of carbonyl (C=O) groups is 1. The first-order valence-corrected chi connectivity index (χ1v) is 15.7. The largest absolute Gasteiger partial charge is 0.444 e. The quantitative estimate of drug-likeness (QED) is 0.278. The second-order valence-electron chi connectivity index (χ2n) is 13.8. The Labute approximate surface area is 265 Å². The van der Waals surface area contributed by atoms with Gasteiger partial charge in [-0.3, -0.25) is 13.9 Å². The van der Waals surface area contributed by atoms with Gasteiger partial charge in [0.25, 0.3) is 0 Å². The number of aromatic nitrogens is 5. The van der Waals surface area contributed by atoms with Gasteiger partial charge in [0.2, 0.25) is 0 Å². The van der Waals surface area contributed by atoms with E-state index in [1.807, 2.05) is 38.5 Å². The maximum Gasteiger partial charge on any atom is 0.418 e. The number of amides is 1. The molecular weight excluding hydrogens is 599 g/mol. The van der Waals surface area contributed by atoms with Gasteiger partial charge in [0, 0.05) is 51.5 Å². The van der Waals surface area contributed by atoms with Crippen LogP contribution in [-0.2, 0) is 24.5 Å². The Balaban J connectivity index is 1.35. The van der Waals surface area contributed by atoms with E-state index in [-0.39, 0.29) is 17.4 Å². The second-order valence-corrected chi connectivity index (χ2v) is 13.8. The summed E-state index contributed by atoms with van der Waals surface area (Å²) < 4.78 is 52.8. The lowest BCUT2D eigenvalue weighted by atomic mass is 9.80. The summed E-state index contributed by atoms with van der Waals surface area (Å²) in [5, 5.41) is 8.42. The van der Waals surface area contributed by atoms with Crippen molar-refractivity contribution in [3.63, 3.8) is 0 Å². The molecule has 0 spiro atoms. The summed E-state index contributed by atoms with van der Waals surface area (Å²) in [6.07, 6.45) is 1.47. The molecular formula is C33H40F3N7O3. The van der Waals surface area contributed by atoms with Gasteiger partial charge in [-0.25, -0.2) is 9.59 Å². The van der Waals surface area contributed by atoms with Crippen molar-refractivity contribution in [3.8, 4) is 5.69 Å². The molecule has 0 aliphatic carbocycles. The van der Waals surface area contributed by atoms with E-state index in [9.17, 15) is 22.8 Å². The van der Waals surface area contributed by atoms with Crippen LogP contribution in [0.3, 0.4) is 0 Å². The number of hydrogen-bond donors (Lipinski definition) is 0. The Bertz CT molecular complexity index is 1800. The highest BCUT2D eigenvalue weighted by Gasteiger charge is 2.41. The van der Waals surface area contributed by atoms with Gasteiger partial charge in [0.05, 0.1) is 22.7 Å². The minimum absolute atomic E-state index is 0.0209. The van der Waals surface area contributed by atoms with Crippen LogP contribution in [0.5, 0.6) is 0 Å². The van der Waals surface area contributed by atoms with E-state index in [4.69, 9.17) is 4.74 Å². The molecule has 0 radical (unpaired) electrons. The van der Waals surface area contributed by atoms with Gasteiger partial charge in [-0.05, 0) is 75.4 Å². The van der Waals surface area contributed by atoms with E-state index in [1.165, 1.54) is 23.0 Å². The van der Waals surface area contributed by atoms with Crippen molar-refractivity contribution in [2.45, 2.75) is 64.8 Å². The molecule has 46 heavy (non-hydrogen) atoms. The van der Waals surface area contributed by atoms with E-state index in [0.717, 1.165) is 35.9 Å². The van der Waals surface area contributed by atoms with Gasteiger partial charge in [0.15, 0.2) is 0 Å². The number of pyridine rings is 1. The van der Waals surface area contributed by atoms with Crippen molar-refractivity contribution >= 4 is 11.6 Å². The normalized spacial score (nSPS) is 19.0. The van der Waals surface area contributed by atoms with Gasteiger partial charge in [-0.2, -0.15) is 13.2 Å². The summed E-state index contributed by atoms with van der Waals surface area (Å²) in [5.41, 5.74) is -0.550. The maximum absolute atomic E-state index is 14.4. The number of imidazole rings is 1. The third kappa shape index (κ3) is 6.42. The number of halogens is 3. The Hall–Kier alpha value is -4.13. The number of aryl methyl sites for hydroxylation is 1. The maximum atomic E-state index is 14.4. The van der Waals surface area contributed by atoms with Crippen LogP contribution in [0.1, 0.15) is 69.0 Å². The minimum atomic E-state index is -4.64. The van der Waals surface area contributed by atoms with E-state index in [1.54, 1.807) is 29.4 Å². The predicted octanol–water partition coefficient (Wildman–Crippen LogP) is 5.47. The number of likely N-dealkylation sites (tertiary alicyclic amines) is 2. The number of fused-ring (bicyclic) bond motifs is 1. The highest BCUT2D eigenvalue weighted by molar-refractivity contribution is 5.69. The van der Waals surface area contributed by atoms with Crippen LogP contribution in [-0.4, -0.2) is 71.4 Å². The molecule has 10 nitrogen and oxygen atoms in total. The van der Waals surface area contributed by atoms with E-state index in [2.05, 4.69) is 22.0 Å². The molecule has 3 aromatic heterocycles. The number of ether oxygens (including phenoxy) is 1. The Morgan fingerprint density at radius 3 is 2.52 bits per heavy atom. The van der Waals surface area contributed by atoms with Crippen LogP contribution < -0.4 is 5.69 Å². The molecule has 2 aliphatic rings. The van der Waals surface area contributed by atoms with Crippen LogP contribution in [0.15, 0.2) is 53.8 Å². The van der Waals surface area contributed by atoms with Crippen LogP contribution in [0.4, 0.5) is 18.0 Å². The highest BCUT2D eigenvalue weighted by atomic mass is 19.4. The van der Waals surface area contributed by atoms with E-state index in [0.29, 0.717) is 42.6 Å². The van der Waals surface area contributed by atoms with Gasteiger partial charge in [-0.15, -0.1) is 10.2 Å². The fourth-order valence-corrected chi connectivity index (χ4v) is 6.71. The molecule has 0 bridgehead atoms. The molecule has 1 unspecified atom stereocenters. The first kappa shape index (κ1) is 31.8. The molecule has 4 aromatic rings. The number of alkyl halides is 3. The summed E-state index contributed by atoms with van der Waals surface area (Å²) in [5.74, 6) is 0.841. The zero-order valence-corrected chi connectivity index (χ0v) is 26.8. The van der Waals surface area contributed by atoms with Gasteiger partial charge < -0.3 is 14.2 Å². The number of benzene rings is 1. The zero-order chi connectivity index (χ0) is 33.0. The Morgan fingerprint density at radius 1 is 1.11 bits per heavy atom. The van der Waals surface area contributed by atoms with Crippen molar-refractivity contribution in [2.24, 2.45) is 18.9 Å². The van der Waals surface area contributed by atoms with Crippen LogP contribution in [0, 0.1) is 11.8 Å². The monoisotopic (exact) mass is 639 g/mol. The van der Waals surface area contributed by atoms with Crippen molar-refractivity contribution in [1.29, 1.82) is 0 Å². The molecule has 6 rings (SSSR count). The highest BCUT2D eigenvalue weighted by Crippen LogP contribution is 2.38. The average molecular weight is 640 g/mol. The summed E-state index contributed by atoms with van der Waals surface area (Å²) in [6, 6.07) is 8.36. The standard InChI is InChI=1S/C33H40F3N7O3/c1-21-8-7-11-40(14-21)15-22-12-26(33(34,35)36)27-19-42(30(44)43(27)16-22)25-10-6-9-23(13-25)28(29-38-37-20-39(29)5)24-17-41(18-24)31(45)46-32(2,3)4/h6,9-10,12-13,16,19-21,24,28H,7-8,11,14-15,17-18H2,1-5H3/t21-,28?/m0/s1. The van der Waals surface area contributed by atoms with Crippen molar-refractivity contribution in [1.82, 2.24) is 33.5 Å². The SMILES string of the molecule is C[C@H]1CCCN(Cc2cc(C(F)(F)F)c3cn(-c4cccc(C(c5nncn5C)C5CN(C(=O)OC(C)(C)C)C5)c4)c(=O)n3c2)C1. The molecule has 2 saturated heterocycles. The van der Waals surface area contributed by atoms with Crippen molar-refractivity contribution in [3.05, 3.63) is 82.1 Å². The van der Waals surface area contributed by atoms with Crippen molar-refractivity contribution in [2.75, 3.05) is 26.2 Å². The molecule has 2 aliphatic heterocycles. The minimum Gasteiger partial charge on any atom is -0.444 e. The lowest BCUT2D eigenvalue weighted by molar-refractivity contribution is -0.136. The molecule has 1 aromatic carbocycles.